The molecular weight excluding hydrogens is 1050 g/mol. The number of carbonyl (C=O) groups is 4. The van der Waals surface area contributed by atoms with E-state index >= 15 is 0 Å². The Morgan fingerprint density at radius 2 is 1.12 bits per heavy atom. The van der Waals surface area contributed by atoms with Crippen molar-refractivity contribution in [3.63, 3.8) is 0 Å². The van der Waals surface area contributed by atoms with Crippen LogP contribution in [0, 0.1) is 25.0 Å². The van der Waals surface area contributed by atoms with Gasteiger partial charge >= 0.3 is 24.4 Å². The van der Waals surface area contributed by atoms with E-state index < -0.39 is 64.0 Å². The van der Waals surface area contributed by atoms with E-state index in [2.05, 4.69) is 44.6 Å². The average molecular weight is 1120 g/mol. The van der Waals surface area contributed by atoms with E-state index in [4.69, 9.17) is 78.5 Å². The van der Waals surface area contributed by atoms with Crippen molar-refractivity contribution in [1.82, 2.24) is 39.5 Å². The number of aromatic nitrogens is 8. The number of aliphatic hydroxyl groups is 1. The molecule has 2 N–H and O–H groups in total. The number of anilines is 2. The minimum absolute atomic E-state index is 0.00890. The molecule has 6 atom stereocenters. The fourth-order valence-corrected chi connectivity index (χ4v) is 9.56. The SMILES string of the molecule is CC(C)(C)OC(=O)N(C(=O)OC(C)(C)C)c1nc(Cl)c2[nH]cnc2n1.[C-]#[N+][C@]1(CC)/C(=C\Cl)[C@@H](n2cnc3c(Cl)nc(N(C(=O)OC(C)(C)C)C(=O)OC(C)(C)C)nc32)C[C@@H]1C.[C-]#[N+][C@]1(CC)/C(=C\Cl)[C@H](O)C[C@@H]1C. The van der Waals surface area contributed by atoms with Crippen LogP contribution in [0.3, 0.4) is 0 Å². The first-order valence-corrected chi connectivity index (χ1v) is 25.6. The molecule has 0 radical (unpaired) electrons. The number of nitrogens with one attached hydrogen (secondary N) is 1. The maximum Gasteiger partial charge on any atom is 0.427 e. The number of rotatable bonds is 5. The maximum absolute atomic E-state index is 13.1. The van der Waals surface area contributed by atoms with Gasteiger partial charge in [0.05, 0.1) is 30.4 Å². The van der Waals surface area contributed by atoms with E-state index in [-0.39, 0.29) is 56.9 Å². The summed E-state index contributed by atoms with van der Waals surface area (Å²) >= 11 is 24.4. The number of imide groups is 2. The molecule has 4 amide bonds. The summed E-state index contributed by atoms with van der Waals surface area (Å²) in [5, 5.41) is 9.61. The Hall–Kier alpha value is -5.84. The minimum Gasteiger partial charge on any atom is -0.443 e. The summed E-state index contributed by atoms with van der Waals surface area (Å²) in [5.41, 5.74) is 0.615. The maximum atomic E-state index is 13.1. The van der Waals surface area contributed by atoms with Crippen molar-refractivity contribution in [2.75, 3.05) is 9.80 Å². The number of ether oxygens (including phenoxy) is 4. The zero-order valence-corrected chi connectivity index (χ0v) is 48.1. The van der Waals surface area contributed by atoms with Crippen LogP contribution in [-0.4, -0.2) is 109 Å². The molecule has 6 rings (SSSR count). The second-order valence-electron chi connectivity index (χ2n) is 21.9. The van der Waals surface area contributed by atoms with E-state index in [1.165, 1.54) is 17.4 Å². The molecule has 21 nitrogen and oxygen atoms in total. The topological polar surface area (TPSA) is 239 Å². The highest BCUT2D eigenvalue weighted by Crippen LogP contribution is 2.52. The smallest absolute Gasteiger partial charge is 0.427 e. The predicted molar refractivity (Wildman–Crippen MR) is 287 cm³/mol. The van der Waals surface area contributed by atoms with Crippen LogP contribution in [0.1, 0.15) is 143 Å². The highest BCUT2D eigenvalue weighted by atomic mass is 35.5. The Labute approximate surface area is 457 Å². The Bertz CT molecular complexity index is 2860. The van der Waals surface area contributed by atoms with Crippen LogP contribution < -0.4 is 9.80 Å². The van der Waals surface area contributed by atoms with Gasteiger partial charge in [-0.1, -0.05) is 74.1 Å². The van der Waals surface area contributed by atoms with Crippen molar-refractivity contribution >= 4 is 105 Å². The molecule has 0 unspecified atom stereocenters. The fraction of sp³-hybridized carbons (Fsp3) is 0.600. The van der Waals surface area contributed by atoms with Crippen molar-refractivity contribution in [2.45, 2.75) is 182 Å². The van der Waals surface area contributed by atoms with Gasteiger partial charge in [-0.25, -0.2) is 42.3 Å². The van der Waals surface area contributed by atoms with Crippen molar-refractivity contribution in [3.8, 4) is 0 Å². The predicted octanol–water partition coefficient (Wildman–Crippen LogP) is 13.2. The molecule has 4 aromatic heterocycles. The summed E-state index contributed by atoms with van der Waals surface area (Å²) in [7, 11) is 0. The lowest BCUT2D eigenvalue weighted by Gasteiger charge is -2.27. The van der Waals surface area contributed by atoms with Gasteiger partial charge in [-0.3, -0.25) is 0 Å². The molecule has 75 heavy (non-hydrogen) atoms. The second kappa shape index (κ2) is 23.6. The van der Waals surface area contributed by atoms with Gasteiger partial charge in [-0.2, -0.15) is 19.9 Å². The third-order valence-electron chi connectivity index (χ3n) is 11.9. The van der Waals surface area contributed by atoms with Crippen molar-refractivity contribution in [2.24, 2.45) is 11.8 Å². The third-order valence-corrected chi connectivity index (χ3v) is 12.9. The number of carbonyl (C=O) groups excluding carboxylic acids is 4. The quantitative estimate of drug-likeness (QED) is 0.107. The molecule has 4 heterocycles. The minimum atomic E-state index is -1.02. The normalized spacial score (nSPS) is 22.8. The first-order valence-electron chi connectivity index (χ1n) is 23.9. The standard InChI is InChI=1S/C25H32Cl2N6O4.C15H20ClN5O4.C10H14ClNO/c1-10-25(28-9)14(2)11-16(15(25)12-26)32-13-29-17-18(27)30-20(31-19(17)32)33(21(34)36-23(3,4)5)22(35)37-24(6,7)8;1-14(2,3)24-12(22)21(13(23)25-15(4,5)6)11-19-9(16)8-10(20-11)18-7-17-8;1-4-10(12-3)7(2)5-9(13)8(10)6-11/h12-14,16H,10-11H2,1-8H3;7H,1-6H3,(H,17,18,19,20);6-7,9,13H,4-5H2,1-2H3/b15-12-;;8-6-/t14-,16-,25-;;7-,9+,10-/m0.0/s1. The molecule has 2 aliphatic carbocycles. The molecule has 4 aromatic rings. The number of aromatic amines is 1. The fourth-order valence-electron chi connectivity index (χ4n) is 8.46. The molecule has 0 saturated heterocycles. The Morgan fingerprint density at radius 1 is 0.707 bits per heavy atom. The lowest BCUT2D eigenvalue weighted by atomic mass is 9.84. The van der Waals surface area contributed by atoms with Crippen LogP contribution in [0.15, 0.2) is 34.9 Å². The molecule has 25 heteroatoms. The summed E-state index contributed by atoms with van der Waals surface area (Å²) in [4.78, 5) is 88.0. The van der Waals surface area contributed by atoms with Crippen LogP contribution in [-0.2, 0) is 18.9 Å². The van der Waals surface area contributed by atoms with Crippen molar-refractivity contribution in [3.05, 3.63) is 68.0 Å². The zero-order chi connectivity index (χ0) is 57.0. The number of amides is 4. The number of aliphatic hydroxyl groups excluding tert-OH is 1. The Kier molecular flexibility index (Phi) is 19.4. The van der Waals surface area contributed by atoms with Crippen molar-refractivity contribution in [1.29, 1.82) is 0 Å². The zero-order valence-electron chi connectivity index (χ0n) is 45.1. The molecule has 0 spiro atoms. The molecule has 0 aromatic carbocycles. The molecule has 2 fully saturated rings. The molecular formula is C50H66Cl4N12O9. The number of nitrogens with zero attached hydrogens (tertiary/aromatic N) is 11. The number of hydrogen-bond donors (Lipinski definition) is 2. The highest BCUT2D eigenvalue weighted by molar-refractivity contribution is 6.34. The van der Waals surface area contributed by atoms with Crippen LogP contribution in [0.25, 0.3) is 32.0 Å². The lowest BCUT2D eigenvalue weighted by molar-refractivity contribution is 0.0405. The number of imidazole rings is 2. The number of hydrogen-bond acceptors (Lipinski definition) is 15. The summed E-state index contributed by atoms with van der Waals surface area (Å²) in [6.45, 7) is 43.1. The third kappa shape index (κ3) is 14.2. The molecule has 2 saturated carbocycles. The first-order chi connectivity index (χ1) is 34.6. The van der Waals surface area contributed by atoms with E-state index in [0.29, 0.717) is 46.6 Å². The van der Waals surface area contributed by atoms with Gasteiger partial charge in [0.1, 0.15) is 33.4 Å². The van der Waals surface area contributed by atoms with Crippen LogP contribution >= 0.6 is 46.4 Å². The van der Waals surface area contributed by atoms with Crippen molar-refractivity contribution < 1.29 is 43.2 Å². The van der Waals surface area contributed by atoms with Gasteiger partial charge in [-0.15, -0.1) is 9.80 Å². The lowest BCUT2D eigenvalue weighted by Crippen LogP contribution is -2.44. The molecule has 0 bridgehead atoms. The molecule has 2 aliphatic rings. The Morgan fingerprint density at radius 3 is 1.52 bits per heavy atom. The van der Waals surface area contributed by atoms with E-state index in [9.17, 15) is 24.3 Å². The van der Waals surface area contributed by atoms with Gasteiger partial charge < -0.3 is 43.3 Å². The monoisotopic (exact) mass is 1120 g/mol. The van der Waals surface area contributed by atoms with Crippen LogP contribution in [0.4, 0.5) is 31.1 Å². The summed E-state index contributed by atoms with van der Waals surface area (Å²) in [5.74, 6) is -0.403. The largest absolute Gasteiger partial charge is 0.443 e. The Balaban J connectivity index is 0.000000274. The first kappa shape index (κ1) is 61.7. The van der Waals surface area contributed by atoms with E-state index in [0.717, 1.165) is 5.57 Å². The number of fused-ring (bicyclic) bond motifs is 2. The number of halogens is 4. The molecule has 0 aliphatic heterocycles. The van der Waals surface area contributed by atoms with Gasteiger partial charge in [-0.05, 0) is 95.9 Å². The van der Waals surface area contributed by atoms with E-state index in [1.54, 1.807) is 94.0 Å². The van der Waals surface area contributed by atoms with E-state index in [1.807, 2.05) is 27.7 Å². The van der Waals surface area contributed by atoms with Gasteiger partial charge in [0, 0.05) is 41.3 Å². The van der Waals surface area contributed by atoms with Gasteiger partial charge in [0.2, 0.25) is 11.9 Å². The molecule has 408 valence electrons. The summed E-state index contributed by atoms with van der Waals surface area (Å²) < 4.78 is 23.1. The second-order valence-corrected chi connectivity index (χ2v) is 23.0. The van der Waals surface area contributed by atoms with Gasteiger partial charge in [0.15, 0.2) is 21.6 Å². The summed E-state index contributed by atoms with van der Waals surface area (Å²) in [6, 6.07) is -0.332. The highest BCUT2D eigenvalue weighted by Gasteiger charge is 2.56. The average Bonchev–Trinajstić information content (AvgIpc) is 4.04. The van der Waals surface area contributed by atoms with Crippen LogP contribution in [0.5, 0.6) is 0 Å². The van der Waals surface area contributed by atoms with Gasteiger partial charge in [0.25, 0.3) is 11.1 Å². The van der Waals surface area contributed by atoms with Crippen LogP contribution in [0.2, 0.25) is 10.3 Å². The summed E-state index contributed by atoms with van der Waals surface area (Å²) in [6.07, 6.45) is 0.969. The number of H-pyrrole nitrogens is 1.